The summed E-state index contributed by atoms with van der Waals surface area (Å²) in [5.41, 5.74) is 2.17. The van der Waals surface area contributed by atoms with Crippen LogP contribution in [0.5, 0.6) is 0 Å². The van der Waals surface area contributed by atoms with Gasteiger partial charge in [0, 0.05) is 30.7 Å². The van der Waals surface area contributed by atoms with E-state index in [2.05, 4.69) is 17.0 Å². The van der Waals surface area contributed by atoms with Crippen LogP contribution in [0.2, 0.25) is 5.02 Å². The lowest BCUT2D eigenvalue weighted by molar-refractivity contribution is -0.144. The molecule has 3 rings (SSSR count). The summed E-state index contributed by atoms with van der Waals surface area (Å²) in [6.45, 7) is 3.43. The van der Waals surface area contributed by atoms with Crippen LogP contribution < -0.4 is 0 Å². The van der Waals surface area contributed by atoms with Crippen molar-refractivity contribution < 1.29 is 14.3 Å². The third-order valence-electron chi connectivity index (χ3n) is 4.17. The van der Waals surface area contributed by atoms with E-state index in [0.29, 0.717) is 11.6 Å². The number of morpholine rings is 1. The maximum atomic E-state index is 11.9. The summed E-state index contributed by atoms with van der Waals surface area (Å²) < 4.78 is 11.0. The number of nitrogens with zero attached hydrogens (tertiary/aromatic N) is 1. The molecule has 4 nitrogen and oxygen atoms in total. The van der Waals surface area contributed by atoms with Gasteiger partial charge in [-0.1, -0.05) is 54.1 Å². The third-order valence-corrected chi connectivity index (χ3v) is 4.42. The van der Waals surface area contributed by atoms with E-state index in [1.165, 1.54) is 11.6 Å². The minimum Gasteiger partial charge on any atom is -0.460 e. The fraction of sp³-hybridized carbons (Fsp3) is 0.286. The molecule has 5 heteroatoms. The van der Waals surface area contributed by atoms with Gasteiger partial charge >= 0.3 is 5.97 Å². The Bertz CT molecular complexity index is 731. The second-order valence-corrected chi connectivity index (χ2v) is 6.66. The van der Waals surface area contributed by atoms with Crippen molar-refractivity contribution in [3.63, 3.8) is 0 Å². The van der Waals surface area contributed by atoms with Crippen molar-refractivity contribution in [1.82, 2.24) is 4.90 Å². The van der Waals surface area contributed by atoms with Crippen LogP contribution in [-0.2, 0) is 20.8 Å². The van der Waals surface area contributed by atoms with Crippen LogP contribution in [0.15, 0.2) is 60.7 Å². The SMILES string of the molecule is O=C(C=Cc1ccc(Cl)cc1)OCC1CN(Cc2ccccc2)CCO1. The summed E-state index contributed by atoms with van der Waals surface area (Å²) in [6, 6.07) is 17.6. The zero-order valence-corrected chi connectivity index (χ0v) is 15.3. The molecule has 0 aromatic heterocycles. The maximum absolute atomic E-state index is 11.9. The molecular weight excluding hydrogens is 350 g/mol. The summed E-state index contributed by atoms with van der Waals surface area (Å²) in [5.74, 6) is -0.372. The molecule has 1 atom stereocenters. The lowest BCUT2D eigenvalue weighted by Crippen LogP contribution is -2.44. The highest BCUT2D eigenvalue weighted by Gasteiger charge is 2.21. The van der Waals surface area contributed by atoms with Crippen molar-refractivity contribution in [2.24, 2.45) is 0 Å². The Hall–Kier alpha value is -2.14. The predicted molar refractivity (Wildman–Crippen MR) is 103 cm³/mol. The summed E-state index contributed by atoms with van der Waals surface area (Å²) in [5, 5.41) is 0.666. The first-order valence-corrected chi connectivity index (χ1v) is 9.05. The van der Waals surface area contributed by atoms with Gasteiger partial charge in [-0.25, -0.2) is 4.79 Å². The highest BCUT2D eigenvalue weighted by Crippen LogP contribution is 2.12. The molecule has 0 spiro atoms. The molecule has 1 fully saturated rings. The number of hydrogen-bond acceptors (Lipinski definition) is 4. The van der Waals surface area contributed by atoms with Crippen LogP contribution in [0.4, 0.5) is 0 Å². The molecule has 0 amide bonds. The van der Waals surface area contributed by atoms with Gasteiger partial charge in [-0.15, -0.1) is 0 Å². The zero-order chi connectivity index (χ0) is 18.2. The first-order valence-electron chi connectivity index (χ1n) is 8.67. The number of carbonyl (C=O) groups is 1. The van der Waals surface area contributed by atoms with Crippen molar-refractivity contribution in [2.45, 2.75) is 12.6 Å². The monoisotopic (exact) mass is 371 g/mol. The second kappa shape index (κ2) is 9.53. The number of halogens is 1. The second-order valence-electron chi connectivity index (χ2n) is 6.23. The van der Waals surface area contributed by atoms with Gasteiger partial charge in [0.15, 0.2) is 0 Å². The average Bonchev–Trinajstić information content (AvgIpc) is 2.67. The number of benzene rings is 2. The van der Waals surface area contributed by atoms with E-state index in [-0.39, 0.29) is 18.7 Å². The first kappa shape index (κ1) is 18.6. The van der Waals surface area contributed by atoms with Crippen molar-refractivity contribution in [3.05, 3.63) is 76.8 Å². The van der Waals surface area contributed by atoms with Gasteiger partial charge in [0.2, 0.25) is 0 Å². The van der Waals surface area contributed by atoms with Gasteiger partial charge in [-0.2, -0.15) is 0 Å². The van der Waals surface area contributed by atoms with Crippen molar-refractivity contribution in [3.8, 4) is 0 Å². The van der Waals surface area contributed by atoms with Gasteiger partial charge in [-0.05, 0) is 29.3 Å². The zero-order valence-electron chi connectivity index (χ0n) is 14.5. The van der Waals surface area contributed by atoms with Crippen LogP contribution >= 0.6 is 11.6 Å². The fourth-order valence-electron chi connectivity index (χ4n) is 2.83. The summed E-state index contributed by atoms with van der Waals surface area (Å²) in [4.78, 5) is 14.2. The van der Waals surface area contributed by atoms with E-state index in [1.54, 1.807) is 18.2 Å². The predicted octanol–water partition coefficient (Wildman–Crippen LogP) is 3.80. The van der Waals surface area contributed by atoms with E-state index in [4.69, 9.17) is 21.1 Å². The molecule has 0 saturated carbocycles. The molecule has 1 aliphatic rings. The fourth-order valence-corrected chi connectivity index (χ4v) is 2.95. The quantitative estimate of drug-likeness (QED) is 0.572. The topological polar surface area (TPSA) is 38.8 Å². The molecule has 0 radical (unpaired) electrons. The Labute approximate surface area is 159 Å². The lowest BCUT2D eigenvalue weighted by Gasteiger charge is -2.32. The third kappa shape index (κ3) is 5.99. The van der Waals surface area contributed by atoms with Gasteiger partial charge < -0.3 is 9.47 Å². The molecular formula is C21H22ClNO3. The largest absolute Gasteiger partial charge is 0.460 e. The highest BCUT2D eigenvalue weighted by molar-refractivity contribution is 6.30. The molecule has 0 N–H and O–H groups in total. The molecule has 1 aliphatic heterocycles. The Morgan fingerprint density at radius 1 is 1.19 bits per heavy atom. The van der Waals surface area contributed by atoms with Gasteiger partial charge in [0.25, 0.3) is 0 Å². The Kier molecular flexibility index (Phi) is 6.83. The number of carbonyl (C=O) groups excluding carboxylic acids is 1. The minimum absolute atomic E-state index is 0.0969. The molecule has 2 aromatic rings. The molecule has 1 heterocycles. The van der Waals surface area contributed by atoms with Gasteiger partial charge in [0.05, 0.1) is 6.61 Å². The minimum atomic E-state index is -0.372. The molecule has 1 unspecified atom stereocenters. The van der Waals surface area contributed by atoms with Gasteiger partial charge in [0.1, 0.15) is 12.7 Å². The molecule has 1 saturated heterocycles. The molecule has 26 heavy (non-hydrogen) atoms. The Morgan fingerprint density at radius 3 is 2.73 bits per heavy atom. The van der Waals surface area contributed by atoms with Crippen molar-refractivity contribution in [2.75, 3.05) is 26.3 Å². The van der Waals surface area contributed by atoms with Crippen LogP contribution in [0, 0.1) is 0 Å². The number of ether oxygens (including phenoxy) is 2. The van der Waals surface area contributed by atoms with Crippen LogP contribution in [0.3, 0.4) is 0 Å². The van der Waals surface area contributed by atoms with Crippen LogP contribution in [-0.4, -0.2) is 43.3 Å². The Morgan fingerprint density at radius 2 is 1.96 bits per heavy atom. The van der Waals surface area contributed by atoms with Crippen LogP contribution in [0.1, 0.15) is 11.1 Å². The van der Waals surface area contributed by atoms with E-state index < -0.39 is 0 Å². The summed E-state index contributed by atoms with van der Waals surface area (Å²) >= 11 is 5.84. The number of hydrogen-bond donors (Lipinski definition) is 0. The van der Waals surface area contributed by atoms with Crippen molar-refractivity contribution >= 4 is 23.6 Å². The molecule has 136 valence electrons. The normalized spacial score (nSPS) is 18.1. The molecule has 0 bridgehead atoms. The lowest BCUT2D eigenvalue weighted by atomic mass is 10.2. The number of esters is 1. The first-order chi connectivity index (χ1) is 12.7. The van der Waals surface area contributed by atoms with Gasteiger partial charge in [-0.3, -0.25) is 4.90 Å². The smallest absolute Gasteiger partial charge is 0.330 e. The molecule has 0 aliphatic carbocycles. The van der Waals surface area contributed by atoms with Crippen LogP contribution in [0.25, 0.3) is 6.08 Å². The van der Waals surface area contributed by atoms with E-state index >= 15 is 0 Å². The highest BCUT2D eigenvalue weighted by atomic mass is 35.5. The van der Waals surface area contributed by atoms with E-state index in [1.807, 2.05) is 30.3 Å². The summed E-state index contributed by atoms with van der Waals surface area (Å²) in [6.07, 6.45) is 3.04. The molecule has 2 aromatic carbocycles. The Balaban J connectivity index is 1.43. The average molecular weight is 372 g/mol. The maximum Gasteiger partial charge on any atom is 0.330 e. The van der Waals surface area contributed by atoms with Crippen molar-refractivity contribution in [1.29, 1.82) is 0 Å². The van der Waals surface area contributed by atoms with E-state index in [0.717, 1.165) is 25.2 Å². The number of rotatable bonds is 6. The standard InChI is InChI=1S/C21H22ClNO3/c22-19-9-6-17(7-10-19)8-11-21(24)26-16-20-15-23(12-13-25-20)14-18-4-2-1-3-5-18/h1-11,20H,12-16H2. The summed E-state index contributed by atoms with van der Waals surface area (Å²) in [7, 11) is 0. The van der Waals surface area contributed by atoms with E-state index in [9.17, 15) is 4.79 Å².